The Labute approximate surface area is 169 Å². The molecule has 4 unspecified atom stereocenters. The van der Waals surface area contributed by atoms with Crippen molar-refractivity contribution in [3.05, 3.63) is 0 Å². The quantitative estimate of drug-likeness (QED) is 0.245. The van der Waals surface area contributed by atoms with Gasteiger partial charge in [-0.1, -0.05) is 13.8 Å². The van der Waals surface area contributed by atoms with Crippen LogP contribution in [0, 0.1) is 5.92 Å². The Balaban J connectivity index is 2.75. The summed E-state index contributed by atoms with van der Waals surface area (Å²) in [6.07, 6.45) is 0.902. The molecule has 0 aromatic heterocycles. The SMILES string of the molecule is CC(NC(=O)C1CCCN1)C(=O)NC(CCC(=O)O)C(=O)NC(C(=O)O)C(C)C. The van der Waals surface area contributed by atoms with Crippen molar-refractivity contribution in [3.8, 4) is 0 Å². The minimum absolute atomic E-state index is 0.220. The van der Waals surface area contributed by atoms with E-state index in [1.807, 2.05) is 0 Å². The zero-order valence-corrected chi connectivity index (χ0v) is 16.9. The number of carboxylic acids is 2. The smallest absolute Gasteiger partial charge is 0.326 e. The molecule has 0 bridgehead atoms. The summed E-state index contributed by atoms with van der Waals surface area (Å²) < 4.78 is 0. The fraction of sp³-hybridized carbons (Fsp3) is 0.722. The molecule has 1 aliphatic heterocycles. The van der Waals surface area contributed by atoms with Gasteiger partial charge in [0.25, 0.3) is 0 Å². The summed E-state index contributed by atoms with van der Waals surface area (Å²) in [5, 5.41) is 28.4. The van der Waals surface area contributed by atoms with Crippen LogP contribution < -0.4 is 21.3 Å². The third kappa shape index (κ3) is 8.06. The molecule has 0 saturated carbocycles. The monoisotopic (exact) mass is 414 g/mol. The van der Waals surface area contributed by atoms with Gasteiger partial charge in [0.1, 0.15) is 18.1 Å². The number of carboxylic acid groups (broad SMARTS) is 2. The van der Waals surface area contributed by atoms with Gasteiger partial charge in [-0.25, -0.2) is 4.79 Å². The van der Waals surface area contributed by atoms with E-state index in [2.05, 4.69) is 21.3 Å². The van der Waals surface area contributed by atoms with Crippen LogP contribution in [0.5, 0.6) is 0 Å². The van der Waals surface area contributed by atoms with Gasteiger partial charge in [0.15, 0.2) is 0 Å². The fourth-order valence-corrected chi connectivity index (χ4v) is 2.89. The van der Waals surface area contributed by atoms with Crippen molar-refractivity contribution in [3.63, 3.8) is 0 Å². The van der Waals surface area contributed by atoms with Gasteiger partial charge in [-0.2, -0.15) is 0 Å². The Hall–Kier alpha value is -2.69. The third-order valence-electron chi connectivity index (χ3n) is 4.64. The van der Waals surface area contributed by atoms with Crippen LogP contribution in [0.4, 0.5) is 0 Å². The van der Waals surface area contributed by atoms with Crippen LogP contribution in [0.3, 0.4) is 0 Å². The number of aliphatic carboxylic acids is 2. The molecule has 1 aliphatic rings. The van der Waals surface area contributed by atoms with E-state index in [1.165, 1.54) is 6.92 Å². The van der Waals surface area contributed by atoms with E-state index in [0.29, 0.717) is 6.42 Å². The first-order valence-electron chi connectivity index (χ1n) is 9.62. The molecular formula is C18H30N4O7. The van der Waals surface area contributed by atoms with E-state index >= 15 is 0 Å². The van der Waals surface area contributed by atoms with Crippen LogP contribution >= 0.6 is 0 Å². The second-order valence-electron chi connectivity index (χ2n) is 7.44. The van der Waals surface area contributed by atoms with E-state index in [9.17, 15) is 29.1 Å². The van der Waals surface area contributed by atoms with Gasteiger partial charge in [-0.05, 0) is 38.6 Å². The molecule has 1 rings (SSSR count). The highest BCUT2D eigenvalue weighted by atomic mass is 16.4. The molecule has 0 spiro atoms. The van der Waals surface area contributed by atoms with Crippen LogP contribution in [0.25, 0.3) is 0 Å². The van der Waals surface area contributed by atoms with Crippen LogP contribution in [0.1, 0.15) is 46.5 Å². The van der Waals surface area contributed by atoms with E-state index in [0.717, 1.165) is 13.0 Å². The van der Waals surface area contributed by atoms with Crippen molar-refractivity contribution in [2.24, 2.45) is 5.92 Å². The average Bonchev–Trinajstić information content (AvgIpc) is 3.16. The highest BCUT2D eigenvalue weighted by Gasteiger charge is 2.31. The van der Waals surface area contributed by atoms with Crippen molar-refractivity contribution in [2.75, 3.05) is 6.54 Å². The topological polar surface area (TPSA) is 174 Å². The zero-order valence-electron chi connectivity index (χ0n) is 16.9. The highest BCUT2D eigenvalue weighted by Crippen LogP contribution is 2.07. The van der Waals surface area contributed by atoms with Crippen LogP contribution in [0.15, 0.2) is 0 Å². The summed E-state index contributed by atoms with van der Waals surface area (Å²) >= 11 is 0. The fourth-order valence-electron chi connectivity index (χ4n) is 2.89. The van der Waals surface area contributed by atoms with Gasteiger partial charge in [-0.3, -0.25) is 19.2 Å². The number of hydrogen-bond acceptors (Lipinski definition) is 6. The lowest BCUT2D eigenvalue weighted by Crippen LogP contribution is -2.57. The second kappa shape index (κ2) is 11.3. The molecule has 29 heavy (non-hydrogen) atoms. The molecular weight excluding hydrogens is 384 g/mol. The largest absolute Gasteiger partial charge is 0.481 e. The van der Waals surface area contributed by atoms with Crippen molar-refractivity contribution >= 4 is 29.7 Å². The Morgan fingerprint density at radius 2 is 1.66 bits per heavy atom. The van der Waals surface area contributed by atoms with Crippen molar-refractivity contribution in [1.29, 1.82) is 0 Å². The number of rotatable bonds is 11. The van der Waals surface area contributed by atoms with E-state index in [1.54, 1.807) is 13.8 Å². The van der Waals surface area contributed by atoms with Gasteiger partial charge < -0.3 is 31.5 Å². The average molecular weight is 414 g/mol. The van der Waals surface area contributed by atoms with Gasteiger partial charge in [0.2, 0.25) is 17.7 Å². The van der Waals surface area contributed by atoms with Gasteiger partial charge in [0, 0.05) is 6.42 Å². The summed E-state index contributed by atoms with van der Waals surface area (Å²) in [6, 6.07) is -3.76. The molecule has 0 radical (unpaired) electrons. The predicted octanol–water partition coefficient (Wildman–Crippen LogP) is -1.18. The Kier molecular flexibility index (Phi) is 9.53. The number of carbonyl (C=O) groups is 5. The van der Waals surface area contributed by atoms with Crippen molar-refractivity contribution in [2.45, 2.75) is 70.6 Å². The lowest BCUT2D eigenvalue weighted by molar-refractivity contribution is -0.144. The lowest BCUT2D eigenvalue weighted by Gasteiger charge is -2.24. The molecule has 1 heterocycles. The van der Waals surface area contributed by atoms with Gasteiger partial charge >= 0.3 is 11.9 Å². The van der Waals surface area contributed by atoms with Gasteiger partial charge in [-0.15, -0.1) is 0 Å². The first kappa shape index (κ1) is 24.3. The van der Waals surface area contributed by atoms with Crippen molar-refractivity contribution in [1.82, 2.24) is 21.3 Å². The number of amides is 3. The first-order chi connectivity index (χ1) is 13.5. The molecule has 0 aliphatic carbocycles. The number of hydrogen-bond donors (Lipinski definition) is 6. The second-order valence-corrected chi connectivity index (χ2v) is 7.44. The van der Waals surface area contributed by atoms with Crippen LogP contribution in [-0.4, -0.2) is 70.6 Å². The summed E-state index contributed by atoms with van der Waals surface area (Å²) in [4.78, 5) is 59.2. The maximum atomic E-state index is 12.5. The Morgan fingerprint density at radius 1 is 1.00 bits per heavy atom. The van der Waals surface area contributed by atoms with E-state index in [-0.39, 0.29) is 18.4 Å². The molecule has 6 N–H and O–H groups in total. The molecule has 11 nitrogen and oxygen atoms in total. The normalized spacial score (nSPS) is 19.1. The summed E-state index contributed by atoms with van der Waals surface area (Å²) in [7, 11) is 0. The van der Waals surface area contributed by atoms with E-state index < -0.39 is 54.2 Å². The minimum Gasteiger partial charge on any atom is -0.481 e. The van der Waals surface area contributed by atoms with Crippen LogP contribution in [-0.2, 0) is 24.0 Å². The maximum absolute atomic E-state index is 12.5. The molecule has 0 aromatic carbocycles. The lowest BCUT2D eigenvalue weighted by atomic mass is 10.0. The predicted molar refractivity (Wildman–Crippen MR) is 102 cm³/mol. The molecule has 164 valence electrons. The molecule has 0 aromatic rings. The zero-order chi connectivity index (χ0) is 22.1. The molecule has 4 atom stereocenters. The number of carbonyl (C=O) groups excluding carboxylic acids is 3. The highest BCUT2D eigenvalue weighted by molar-refractivity contribution is 5.94. The molecule has 1 saturated heterocycles. The minimum atomic E-state index is -1.25. The number of nitrogens with one attached hydrogen (secondary N) is 4. The third-order valence-corrected chi connectivity index (χ3v) is 4.64. The Morgan fingerprint density at radius 3 is 2.14 bits per heavy atom. The molecule has 11 heteroatoms. The summed E-state index contributed by atoms with van der Waals surface area (Å²) in [6.45, 7) is 5.39. The van der Waals surface area contributed by atoms with Crippen LogP contribution in [0.2, 0.25) is 0 Å². The summed E-state index contributed by atoms with van der Waals surface area (Å²) in [5.74, 6) is -4.60. The summed E-state index contributed by atoms with van der Waals surface area (Å²) in [5.41, 5.74) is 0. The first-order valence-corrected chi connectivity index (χ1v) is 9.62. The van der Waals surface area contributed by atoms with Crippen molar-refractivity contribution < 1.29 is 34.2 Å². The molecule has 1 fully saturated rings. The standard InChI is InChI=1S/C18H30N4O7/c1-9(2)14(18(28)29)22-17(27)12(6-7-13(23)24)21-15(25)10(3)20-16(26)11-5-4-8-19-11/h9-12,14,19H,4-8H2,1-3H3,(H,20,26)(H,21,25)(H,22,27)(H,23,24)(H,28,29). The molecule has 3 amide bonds. The maximum Gasteiger partial charge on any atom is 0.326 e. The van der Waals surface area contributed by atoms with Gasteiger partial charge in [0.05, 0.1) is 6.04 Å². The Bertz CT molecular complexity index is 632. The van der Waals surface area contributed by atoms with E-state index in [4.69, 9.17) is 5.11 Å².